The number of hydrogen-bond donors (Lipinski definition) is 1. The largest absolute Gasteiger partial charge is 0.353 e. The minimum absolute atomic E-state index is 0.127. The van der Waals surface area contributed by atoms with E-state index in [-0.39, 0.29) is 10.5 Å². The van der Waals surface area contributed by atoms with Crippen molar-refractivity contribution in [2.75, 3.05) is 0 Å². The van der Waals surface area contributed by atoms with Crippen molar-refractivity contribution >= 4 is 22.5 Å². The van der Waals surface area contributed by atoms with Crippen molar-refractivity contribution in [2.24, 2.45) is 0 Å². The molecule has 3 heteroatoms. The highest BCUT2D eigenvalue weighted by molar-refractivity contribution is 6.33. The molecule has 0 saturated carbocycles. The van der Waals surface area contributed by atoms with Gasteiger partial charge in [0, 0.05) is 10.9 Å². The summed E-state index contributed by atoms with van der Waals surface area (Å²) in [5, 5.41) is 0.869. The maximum absolute atomic E-state index is 12.3. The number of benzene rings is 2. The van der Waals surface area contributed by atoms with Crippen molar-refractivity contribution in [3.05, 3.63) is 69.3 Å². The maximum Gasteiger partial charge on any atom is 0.208 e. The third-order valence-electron chi connectivity index (χ3n) is 3.16. The molecule has 0 amide bonds. The lowest BCUT2D eigenvalue weighted by Gasteiger charge is -2.07. The molecule has 1 N–H and O–H groups in total. The van der Waals surface area contributed by atoms with Crippen LogP contribution in [0.15, 0.2) is 53.3 Å². The van der Waals surface area contributed by atoms with Crippen LogP contribution in [0.2, 0.25) is 5.02 Å². The van der Waals surface area contributed by atoms with Gasteiger partial charge in [-0.15, -0.1) is 0 Å². The van der Waals surface area contributed by atoms with Crippen LogP contribution in [0.3, 0.4) is 0 Å². The number of halogens is 1. The fraction of sp³-hybridized carbons (Fsp3) is 0.0625. The predicted octanol–water partition coefficient (Wildman–Crippen LogP) is 4.16. The zero-order valence-electron chi connectivity index (χ0n) is 10.4. The summed E-state index contributed by atoms with van der Waals surface area (Å²) in [6.45, 7) is 1.96. The number of H-pyrrole nitrogens is 1. The van der Waals surface area contributed by atoms with Crippen LogP contribution < -0.4 is 5.43 Å². The highest BCUT2D eigenvalue weighted by Crippen LogP contribution is 2.25. The number of aromatic amines is 1. The molecule has 3 aromatic rings. The van der Waals surface area contributed by atoms with E-state index < -0.39 is 0 Å². The van der Waals surface area contributed by atoms with Crippen molar-refractivity contribution < 1.29 is 0 Å². The van der Waals surface area contributed by atoms with Crippen LogP contribution in [0.5, 0.6) is 0 Å². The SMILES string of the molecule is Cc1ccc2[nH]c(-c3ccccc3)c(Cl)c(=O)c2c1. The standard InChI is InChI=1S/C16H12ClNO/c1-10-7-8-13-12(9-10)16(19)14(17)15(18-13)11-5-3-2-4-6-11/h2-9H,1H3,(H,18,19). The Labute approximate surface area is 115 Å². The minimum Gasteiger partial charge on any atom is -0.353 e. The molecule has 0 aliphatic heterocycles. The molecule has 0 atom stereocenters. The molecular formula is C16H12ClNO. The number of rotatable bonds is 1. The first-order chi connectivity index (χ1) is 9.16. The highest BCUT2D eigenvalue weighted by atomic mass is 35.5. The van der Waals surface area contributed by atoms with E-state index in [2.05, 4.69) is 4.98 Å². The van der Waals surface area contributed by atoms with Gasteiger partial charge in [0.15, 0.2) is 0 Å². The van der Waals surface area contributed by atoms with Crippen molar-refractivity contribution in [1.29, 1.82) is 0 Å². The fourth-order valence-electron chi connectivity index (χ4n) is 2.18. The lowest BCUT2D eigenvalue weighted by Crippen LogP contribution is -2.06. The maximum atomic E-state index is 12.3. The molecular weight excluding hydrogens is 258 g/mol. The van der Waals surface area contributed by atoms with Gasteiger partial charge >= 0.3 is 0 Å². The van der Waals surface area contributed by atoms with Crippen molar-refractivity contribution in [2.45, 2.75) is 6.92 Å². The lowest BCUT2D eigenvalue weighted by atomic mass is 10.1. The van der Waals surface area contributed by atoms with Crippen molar-refractivity contribution in [1.82, 2.24) is 4.98 Å². The zero-order chi connectivity index (χ0) is 13.4. The quantitative estimate of drug-likeness (QED) is 0.707. The molecule has 0 spiro atoms. The van der Waals surface area contributed by atoms with E-state index in [1.165, 1.54) is 0 Å². The second-order valence-electron chi connectivity index (χ2n) is 4.56. The first kappa shape index (κ1) is 12.0. The van der Waals surface area contributed by atoms with Crippen molar-refractivity contribution in [3.8, 4) is 11.3 Å². The molecule has 0 fully saturated rings. The van der Waals surface area contributed by atoms with E-state index >= 15 is 0 Å². The van der Waals surface area contributed by atoms with Gasteiger partial charge in [-0.1, -0.05) is 53.6 Å². The summed E-state index contributed by atoms with van der Waals surface area (Å²) in [5.74, 6) is 0. The Kier molecular flexibility index (Phi) is 2.88. The second kappa shape index (κ2) is 4.56. The van der Waals surface area contributed by atoms with E-state index in [0.717, 1.165) is 16.6 Å². The number of aryl methyl sites for hydroxylation is 1. The second-order valence-corrected chi connectivity index (χ2v) is 4.94. The van der Waals surface area contributed by atoms with Gasteiger partial charge in [-0.2, -0.15) is 0 Å². The Hall–Kier alpha value is -2.06. The summed E-state index contributed by atoms with van der Waals surface area (Å²) in [6.07, 6.45) is 0. The average Bonchev–Trinajstić information content (AvgIpc) is 2.44. The van der Waals surface area contributed by atoms with E-state index in [1.807, 2.05) is 55.5 Å². The Bertz CT molecular complexity index is 806. The van der Waals surface area contributed by atoms with Crippen LogP contribution in [0.4, 0.5) is 0 Å². The Balaban J connectivity index is 2.37. The Morgan fingerprint density at radius 3 is 2.53 bits per heavy atom. The number of hydrogen-bond acceptors (Lipinski definition) is 1. The van der Waals surface area contributed by atoms with Gasteiger partial charge in [-0.05, 0) is 24.6 Å². The number of pyridine rings is 1. The molecule has 1 aromatic heterocycles. The smallest absolute Gasteiger partial charge is 0.208 e. The van der Waals surface area contributed by atoms with Crippen LogP contribution in [0.1, 0.15) is 5.56 Å². The van der Waals surface area contributed by atoms with E-state index in [1.54, 1.807) is 0 Å². The minimum atomic E-state index is -0.127. The van der Waals surface area contributed by atoms with Gasteiger partial charge < -0.3 is 4.98 Å². The normalized spacial score (nSPS) is 10.8. The first-order valence-electron chi connectivity index (χ1n) is 6.04. The molecule has 3 rings (SSSR count). The van der Waals surface area contributed by atoms with Gasteiger partial charge in [-0.3, -0.25) is 4.79 Å². The fourth-order valence-corrected chi connectivity index (χ4v) is 2.44. The number of nitrogens with one attached hydrogen (secondary N) is 1. The summed E-state index contributed by atoms with van der Waals surface area (Å²) in [7, 11) is 0. The number of fused-ring (bicyclic) bond motifs is 1. The summed E-state index contributed by atoms with van der Waals surface area (Å²) >= 11 is 6.22. The molecule has 94 valence electrons. The molecule has 0 bridgehead atoms. The van der Waals surface area contributed by atoms with Gasteiger partial charge in [0.25, 0.3) is 0 Å². The third kappa shape index (κ3) is 2.04. The van der Waals surface area contributed by atoms with Crippen molar-refractivity contribution in [3.63, 3.8) is 0 Å². The van der Waals surface area contributed by atoms with Gasteiger partial charge in [0.1, 0.15) is 5.02 Å². The topological polar surface area (TPSA) is 32.9 Å². The summed E-state index contributed by atoms with van der Waals surface area (Å²) in [6, 6.07) is 15.4. The summed E-state index contributed by atoms with van der Waals surface area (Å²) in [5.41, 5.74) is 3.30. The van der Waals surface area contributed by atoms with Gasteiger partial charge in [0.2, 0.25) is 5.43 Å². The molecule has 19 heavy (non-hydrogen) atoms. The monoisotopic (exact) mass is 269 g/mol. The first-order valence-corrected chi connectivity index (χ1v) is 6.42. The average molecular weight is 270 g/mol. The van der Waals surface area contributed by atoms with E-state index in [0.29, 0.717) is 11.1 Å². The van der Waals surface area contributed by atoms with Crippen LogP contribution >= 0.6 is 11.6 Å². The summed E-state index contributed by atoms with van der Waals surface area (Å²) in [4.78, 5) is 15.6. The molecule has 1 heterocycles. The van der Waals surface area contributed by atoms with E-state index in [4.69, 9.17) is 11.6 Å². The zero-order valence-corrected chi connectivity index (χ0v) is 11.2. The van der Waals surface area contributed by atoms with Crippen LogP contribution in [0, 0.1) is 6.92 Å². The van der Waals surface area contributed by atoms with Crippen LogP contribution in [-0.4, -0.2) is 4.98 Å². The van der Waals surface area contributed by atoms with Gasteiger partial charge in [-0.25, -0.2) is 0 Å². The van der Waals surface area contributed by atoms with Gasteiger partial charge in [0.05, 0.1) is 5.69 Å². The Morgan fingerprint density at radius 2 is 1.79 bits per heavy atom. The predicted molar refractivity (Wildman–Crippen MR) is 79.8 cm³/mol. The van der Waals surface area contributed by atoms with Crippen LogP contribution in [0.25, 0.3) is 22.2 Å². The summed E-state index contributed by atoms with van der Waals surface area (Å²) < 4.78 is 0. The lowest BCUT2D eigenvalue weighted by molar-refractivity contribution is 1.37. The van der Waals surface area contributed by atoms with Crippen LogP contribution in [-0.2, 0) is 0 Å². The third-order valence-corrected chi connectivity index (χ3v) is 3.52. The molecule has 0 saturated heterocycles. The molecule has 0 aliphatic carbocycles. The Morgan fingerprint density at radius 1 is 1.05 bits per heavy atom. The molecule has 2 nitrogen and oxygen atoms in total. The number of aromatic nitrogens is 1. The molecule has 0 radical (unpaired) electrons. The van der Waals surface area contributed by atoms with E-state index in [9.17, 15) is 4.79 Å². The highest BCUT2D eigenvalue weighted by Gasteiger charge is 2.11. The molecule has 0 unspecified atom stereocenters. The molecule has 0 aliphatic rings. The molecule has 2 aromatic carbocycles.